The molecule has 1 aliphatic heterocycles. The van der Waals surface area contributed by atoms with E-state index >= 15 is 0 Å². The normalized spacial score (nSPS) is 16.6. The predicted molar refractivity (Wildman–Crippen MR) is 76.7 cm³/mol. The maximum atomic E-state index is 12.4. The average molecular weight is 341 g/mol. The largest absolute Gasteiger partial charge is 0.474 e. The number of ether oxygens (including phenoxy) is 1. The van der Waals surface area contributed by atoms with Crippen LogP contribution in [0.5, 0.6) is 0 Å². The molecule has 0 aliphatic carbocycles. The van der Waals surface area contributed by atoms with Crippen molar-refractivity contribution in [1.29, 1.82) is 0 Å². The summed E-state index contributed by atoms with van der Waals surface area (Å²) in [5.74, 6) is -0.978. The molecule has 0 N–H and O–H groups in total. The Labute approximate surface area is 135 Å². The Kier molecular flexibility index (Phi) is 3.94. The van der Waals surface area contributed by atoms with E-state index in [4.69, 9.17) is 9.57 Å². The molecule has 2 heterocycles. The molecule has 1 aliphatic rings. The van der Waals surface area contributed by atoms with Crippen molar-refractivity contribution in [2.75, 3.05) is 0 Å². The van der Waals surface area contributed by atoms with Gasteiger partial charge in [-0.3, -0.25) is 0 Å². The SMILES string of the molecule is CC1(C)CC(OCc2ccc(-c3noc(C(F)(F)F)n3)cc2)=NO1. The van der Waals surface area contributed by atoms with E-state index in [9.17, 15) is 13.2 Å². The molecule has 0 radical (unpaired) electrons. The van der Waals surface area contributed by atoms with Crippen LogP contribution in [-0.4, -0.2) is 21.6 Å². The van der Waals surface area contributed by atoms with Crippen molar-refractivity contribution >= 4 is 5.90 Å². The Morgan fingerprint density at radius 3 is 2.46 bits per heavy atom. The van der Waals surface area contributed by atoms with Crippen LogP contribution < -0.4 is 0 Å². The van der Waals surface area contributed by atoms with Crippen LogP contribution in [0.1, 0.15) is 31.7 Å². The molecule has 6 nitrogen and oxygen atoms in total. The lowest BCUT2D eigenvalue weighted by atomic mass is 10.1. The molecular formula is C15H14F3N3O3. The molecule has 128 valence electrons. The van der Waals surface area contributed by atoms with Crippen molar-refractivity contribution in [3.8, 4) is 11.4 Å². The van der Waals surface area contributed by atoms with E-state index in [1.54, 1.807) is 24.3 Å². The van der Waals surface area contributed by atoms with Crippen molar-refractivity contribution in [3.63, 3.8) is 0 Å². The third kappa shape index (κ3) is 3.66. The molecule has 9 heteroatoms. The fourth-order valence-corrected chi connectivity index (χ4v) is 2.05. The second-order valence-corrected chi connectivity index (χ2v) is 5.92. The number of hydrogen-bond acceptors (Lipinski definition) is 6. The summed E-state index contributed by atoms with van der Waals surface area (Å²) in [6, 6.07) is 6.61. The molecule has 0 amide bonds. The minimum atomic E-state index is -4.66. The Hall–Kier alpha value is -2.58. The second kappa shape index (κ2) is 5.81. The number of oxime groups is 1. The van der Waals surface area contributed by atoms with Gasteiger partial charge in [0.2, 0.25) is 11.7 Å². The first-order valence-electron chi connectivity index (χ1n) is 7.11. The van der Waals surface area contributed by atoms with Crippen LogP contribution in [0, 0.1) is 0 Å². The van der Waals surface area contributed by atoms with Gasteiger partial charge in [-0.1, -0.05) is 34.6 Å². The van der Waals surface area contributed by atoms with Gasteiger partial charge in [-0.05, 0) is 19.4 Å². The average Bonchev–Trinajstić information content (AvgIpc) is 3.12. The minimum absolute atomic E-state index is 0.120. The summed E-state index contributed by atoms with van der Waals surface area (Å²) in [4.78, 5) is 8.53. The van der Waals surface area contributed by atoms with Crippen LogP contribution in [0.2, 0.25) is 0 Å². The number of rotatable bonds is 3. The Morgan fingerprint density at radius 2 is 1.92 bits per heavy atom. The highest BCUT2D eigenvalue weighted by molar-refractivity contribution is 5.77. The lowest BCUT2D eigenvalue weighted by Crippen LogP contribution is -2.19. The first kappa shape index (κ1) is 16.3. The molecule has 0 atom stereocenters. The molecule has 3 rings (SSSR count). The molecule has 0 saturated heterocycles. The standard InChI is InChI=1S/C15H14F3N3O3/c1-14(2)7-11(20-24-14)22-8-9-3-5-10(6-4-9)12-19-13(23-21-12)15(16,17)18/h3-6H,7-8H2,1-2H3. The first-order valence-corrected chi connectivity index (χ1v) is 7.11. The van der Waals surface area contributed by atoms with Gasteiger partial charge < -0.3 is 14.1 Å². The van der Waals surface area contributed by atoms with E-state index in [1.165, 1.54) is 0 Å². The molecule has 2 aromatic rings. The van der Waals surface area contributed by atoms with Crippen LogP contribution in [-0.2, 0) is 22.4 Å². The van der Waals surface area contributed by atoms with Crippen LogP contribution in [0.4, 0.5) is 13.2 Å². The number of halogens is 3. The van der Waals surface area contributed by atoms with Crippen molar-refractivity contribution in [3.05, 3.63) is 35.7 Å². The zero-order chi connectivity index (χ0) is 17.4. The van der Waals surface area contributed by atoms with Gasteiger partial charge in [0.15, 0.2) is 0 Å². The molecule has 24 heavy (non-hydrogen) atoms. The fraction of sp³-hybridized carbons (Fsp3) is 0.400. The summed E-state index contributed by atoms with van der Waals surface area (Å²) in [7, 11) is 0. The van der Waals surface area contributed by atoms with Crippen LogP contribution in [0.3, 0.4) is 0 Å². The van der Waals surface area contributed by atoms with Gasteiger partial charge in [-0.2, -0.15) is 18.2 Å². The molecule has 0 bridgehead atoms. The summed E-state index contributed by atoms with van der Waals surface area (Å²) in [6.07, 6.45) is -4.08. The van der Waals surface area contributed by atoms with E-state index in [0.29, 0.717) is 17.9 Å². The van der Waals surface area contributed by atoms with E-state index in [2.05, 4.69) is 19.8 Å². The van der Waals surface area contributed by atoms with Crippen LogP contribution >= 0.6 is 0 Å². The van der Waals surface area contributed by atoms with Gasteiger partial charge >= 0.3 is 12.1 Å². The number of hydrogen-bond donors (Lipinski definition) is 0. The molecule has 1 aromatic heterocycles. The third-order valence-corrected chi connectivity index (χ3v) is 3.26. The van der Waals surface area contributed by atoms with Gasteiger partial charge in [0.05, 0.1) is 6.42 Å². The molecule has 0 spiro atoms. The molecule has 0 saturated carbocycles. The number of nitrogens with zero attached hydrogens (tertiary/aromatic N) is 3. The van der Waals surface area contributed by atoms with Gasteiger partial charge in [-0.15, -0.1) is 0 Å². The van der Waals surface area contributed by atoms with Gasteiger partial charge in [0.1, 0.15) is 12.2 Å². The van der Waals surface area contributed by atoms with Gasteiger partial charge in [0, 0.05) is 5.56 Å². The lowest BCUT2D eigenvalue weighted by molar-refractivity contribution is -0.159. The van der Waals surface area contributed by atoms with Crippen LogP contribution in [0.25, 0.3) is 11.4 Å². The zero-order valence-electron chi connectivity index (χ0n) is 12.9. The van der Waals surface area contributed by atoms with Crippen molar-refractivity contribution in [1.82, 2.24) is 10.1 Å². The van der Waals surface area contributed by atoms with Crippen molar-refractivity contribution < 1.29 is 27.3 Å². The Balaban J connectivity index is 1.62. The lowest BCUT2D eigenvalue weighted by Gasteiger charge is -2.12. The fourth-order valence-electron chi connectivity index (χ4n) is 2.05. The highest BCUT2D eigenvalue weighted by Gasteiger charge is 2.38. The molecular weight excluding hydrogens is 327 g/mol. The molecule has 1 aromatic carbocycles. The Bertz CT molecular complexity index is 751. The minimum Gasteiger partial charge on any atom is -0.474 e. The monoisotopic (exact) mass is 341 g/mol. The maximum absolute atomic E-state index is 12.4. The van der Waals surface area contributed by atoms with E-state index in [-0.39, 0.29) is 18.0 Å². The number of aromatic nitrogens is 2. The van der Waals surface area contributed by atoms with E-state index < -0.39 is 12.1 Å². The van der Waals surface area contributed by atoms with Crippen LogP contribution in [0.15, 0.2) is 33.9 Å². The molecule has 0 unspecified atom stereocenters. The second-order valence-electron chi connectivity index (χ2n) is 5.92. The quantitative estimate of drug-likeness (QED) is 0.850. The summed E-state index contributed by atoms with van der Waals surface area (Å²) in [5, 5.41) is 7.18. The highest BCUT2D eigenvalue weighted by atomic mass is 19.4. The summed E-state index contributed by atoms with van der Waals surface area (Å²) in [6.45, 7) is 4.09. The smallest absolute Gasteiger partial charge is 0.471 e. The molecule has 0 fully saturated rings. The van der Waals surface area contributed by atoms with Crippen molar-refractivity contribution in [2.45, 2.75) is 38.7 Å². The summed E-state index contributed by atoms with van der Waals surface area (Å²) in [5.41, 5.74) is 0.875. The van der Waals surface area contributed by atoms with E-state index in [0.717, 1.165) is 5.56 Å². The summed E-state index contributed by atoms with van der Waals surface area (Å²) < 4.78 is 47.1. The number of alkyl halides is 3. The zero-order valence-corrected chi connectivity index (χ0v) is 12.9. The third-order valence-electron chi connectivity index (χ3n) is 3.26. The van der Waals surface area contributed by atoms with Gasteiger partial charge in [-0.25, -0.2) is 0 Å². The topological polar surface area (TPSA) is 69.7 Å². The highest BCUT2D eigenvalue weighted by Crippen LogP contribution is 2.29. The van der Waals surface area contributed by atoms with Crippen molar-refractivity contribution in [2.24, 2.45) is 5.16 Å². The first-order chi connectivity index (χ1) is 11.2. The van der Waals surface area contributed by atoms with Gasteiger partial charge in [0.25, 0.3) is 0 Å². The summed E-state index contributed by atoms with van der Waals surface area (Å²) >= 11 is 0. The predicted octanol–water partition coefficient (Wildman–Crippen LogP) is 3.78. The maximum Gasteiger partial charge on any atom is 0.471 e. The van der Waals surface area contributed by atoms with E-state index in [1.807, 2.05) is 13.8 Å². The number of benzene rings is 1. The Morgan fingerprint density at radius 1 is 1.21 bits per heavy atom.